The summed E-state index contributed by atoms with van der Waals surface area (Å²) in [4.78, 5) is 26.2. The fourth-order valence-corrected chi connectivity index (χ4v) is 3.98. The Bertz CT molecular complexity index is 995. The Morgan fingerprint density at radius 1 is 0.824 bits per heavy atom. The van der Waals surface area contributed by atoms with Crippen LogP contribution in [0.2, 0.25) is 0 Å². The third-order valence-electron chi connectivity index (χ3n) is 5.78. The van der Waals surface area contributed by atoms with Gasteiger partial charge in [-0.25, -0.2) is 4.79 Å². The molecule has 0 radical (unpaired) electrons. The monoisotopic (exact) mass is 459 g/mol. The molecular weight excluding hydrogens is 426 g/mol. The quantitative estimate of drug-likeness (QED) is 0.376. The molecule has 0 saturated carbocycles. The molecule has 0 saturated heterocycles. The first-order valence-electron chi connectivity index (χ1n) is 11.7. The van der Waals surface area contributed by atoms with Crippen LogP contribution in [-0.4, -0.2) is 25.6 Å². The number of rotatable bonds is 11. The lowest BCUT2D eigenvalue weighted by Crippen LogP contribution is -2.37. The van der Waals surface area contributed by atoms with E-state index in [1.807, 2.05) is 72.8 Å². The van der Waals surface area contributed by atoms with Crippen LogP contribution in [0.1, 0.15) is 55.3 Å². The van der Waals surface area contributed by atoms with Crippen LogP contribution in [0, 0.1) is 5.92 Å². The molecular formula is C29H33NO4. The average Bonchev–Trinajstić information content (AvgIpc) is 2.87. The minimum absolute atomic E-state index is 0.276. The molecule has 0 aliphatic rings. The Morgan fingerprint density at radius 3 is 1.88 bits per heavy atom. The molecule has 178 valence electrons. The summed E-state index contributed by atoms with van der Waals surface area (Å²) >= 11 is 0. The highest BCUT2D eigenvalue weighted by atomic mass is 16.5. The molecule has 0 spiro atoms. The summed E-state index contributed by atoms with van der Waals surface area (Å²) < 4.78 is 10.9. The van der Waals surface area contributed by atoms with Gasteiger partial charge in [0.15, 0.2) is 6.04 Å². The van der Waals surface area contributed by atoms with Crippen molar-refractivity contribution in [3.05, 3.63) is 102 Å². The zero-order valence-electron chi connectivity index (χ0n) is 20.1. The molecule has 5 nitrogen and oxygen atoms in total. The fourth-order valence-electron chi connectivity index (χ4n) is 3.98. The standard InChI is InChI=1S/C29H33NO4/c1-4-11-21(2)20-34-25-18-16-24(17-19-25)27(29(32)33-3)30-28(31)26(22-12-7-5-8-13-22)23-14-9-6-10-15-23/h5-10,12-19,21,26-27H,4,11,20H2,1-3H3,(H,30,31)/t21?,27-/m1/s1. The number of benzene rings is 3. The average molecular weight is 460 g/mol. The van der Waals surface area contributed by atoms with Gasteiger partial charge in [-0.1, -0.05) is 93.1 Å². The smallest absolute Gasteiger partial charge is 0.333 e. The normalized spacial score (nSPS) is 12.6. The first-order chi connectivity index (χ1) is 16.5. The van der Waals surface area contributed by atoms with E-state index in [0.29, 0.717) is 18.1 Å². The van der Waals surface area contributed by atoms with Crippen molar-refractivity contribution in [1.29, 1.82) is 0 Å². The van der Waals surface area contributed by atoms with Crippen molar-refractivity contribution < 1.29 is 19.1 Å². The van der Waals surface area contributed by atoms with Gasteiger partial charge in [0, 0.05) is 0 Å². The van der Waals surface area contributed by atoms with Gasteiger partial charge in [0.1, 0.15) is 5.75 Å². The molecule has 5 heteroatoms. The van der Waals surface area contributed by atoms with Crippen molar-refractivity contribution in [2.24, 2.45) is 5.92 Å². The Kier molecular flexibility index (Phi) is 9.27. The highest BCUT2D eigenvalue weighted by molar-refractivity contribution is 5.91. The second kappa shape index (κ2) is 12.6. The summed E-state index contributed by atoms with van der Waals surface area (Å²) in [5.41, 5.74) is 2.33. The van der Waals surface area contributed by atoms with E-state index in [4.69, 9.17) is 9.47 Å². The van der Waals surface area contributed by atoms with Crippen LogP contribution in [-0.2, 0) is 14.3 Å². The fraction of sp³-hybridized carbons (Fsp3) is 0.310. The van der Waals surface area contributed by atoms with Crippen molar-refractivity contribution in [1.82, 2.24) is 5.32 Å². The second-order valence-corrected chi connectivity index (χ2v) is 8.49. The van der Waals surface area contributed by atoms with Gasteiger partial charge in [-0.15, -0.1) is 0 Å². The van der Waals surface area contributed by atoms with Gasteiger partial charge in [-0.05, 0) is 41.2 Å². The molecule has 0 fully saturated rings. The minimum Gasteiger partial charge on any atom is -0.493 e. The molecule has 2 atom stereocenters. The number of hydrogen-bond donors (Lipinski definition) is 1. The molecule has 0 bridgehead atoms. The highest BCUT2D eigenvalue weighted by Gasteiger charge is 2.29. The molecule has 1 N–H and O–H groups in total. The Balaban J connectivity index is 1.81. The lowest BCUT2D eigenvalue weighted by molar-refractivity contribution is -0.145. The number of carbonyl (C=O) groups excluding carboxylic acids is 2. The van der Waals surface area contributed by atoms with Crippen LogP contribution in [0.5, 0.6) is 5.75 Å². The van der Waals surface area contributed by atoms with Crippen LogP contribution in [0.15, 0.2) is 84.9 Å². The zero-order chi connectivity index (χ0) is 24.3. The van der Waals surface area contributed by atoms with Crippen LogP contribution in [0.3, 0.4) is 0 Å². The van der Waals surface area contributed by atoms with Crippen molar-refractivity contribution in [3.8, 4) is 5.75 Å². The van der Waals surface area contributed by atoms with E-state index < -0.39 is 17.9 Å². The van der Waals surface area contributed by atoms with Crippen LogP contribution >= 0.6 is 0 Å². The number of ether oxygens (including phenoxy) is 2. The lowest BCUT2D eigenvalue weighted by Gasteiger charge is -2.22. The van der Waals surface area contributed by atoms with E-state index >= 15 is 0 Å². The maximum atomic E-state index is 13.5. The SMILES string of the molecule is CCCC(C)COc1ccc([C@@H](NC(=O)C(c2ccccc2)c2ccccc2)C(=O)OC)cc1. The Morgan fingerprint density at radius 2 is 1.38 bits per heavy atom. The van der Waals surface area contributed by atoms with E-state index in [2.05, 4.69) is 19.2 Å². The predicted molar refractivity (Wildman–Crippen MR) is 134 cm³/mol. The molecule has 0 aromatic heterocycles. The van der Waals surface area contributed by atoms with Gasteiger partial charge in [0.05, 0.1) is 19.6 Å². The molecule has 0 aliphatic carbocycles. The van der Waals surface area contributed by atoms with Crippen LogP contribution < -0.4 is 10.1 Å². The van der Waals surface area contributed by atoms with Crippen molar-refractivity contribution in [3.63, 3.8) is 0 Å². The maximum Gasteiger partial charge on any atom is 0.333 e. The third-order valence-corrected chi connectivity index (χ3v) is 5.78. The second-order valence-electron chi connectivity index (χ2n) is 8.49. The first kappa shape index (κ1) is 25.0. The van der Waals surface area contributed by atoms with Gasteiger partial charge in [0.2, 0.25) is 5.91 Å². The molecule has 3 rings (SSSR count). The van der Waals surface area contributed by atoms with Gasteiger partial charge in [0.25, 0.3) is 0 Å². The minimum atomic E-state index is -0.930. The summed E-state index contributed by atoms with van der Waals surface area (Å²) in [7, 11) is 1.32. The number of amides is 1. The number of hydrogen-bond acceptors (Lipinski definition) is 4. The number of nitrogens with one attached hydrogen (secondary N) is 1. The number of methoxy groups -OCH3 is 1. The van der Waals surface area contributed by atoms with E-state index in [0.717, 1.165) is 29.7 Å². The molecule has 1 unspecified atom stereocenters. The van der Waals surface area contributed by atoms with Crippen LogP contribution in [0.25, 0.3) is 0 Å². The van der Waals surface area contributed by atoms with E-state index in [1.165, 1.54) is 7.11 Å². The highest BCUT2D eigenvalue weighted by Crippen LogP contribution is 2.27. The summed E-state index contributed by atoms with van der Waals surface area (Å²) in [5, 5.41) is 2.91. The number of carbonyl (C=O) groups is 2. The summed E-state index contributed by atoms with van der Waals surface area (Å²) in [6, 6.07) is 25.4. The van der Waals surface area contributed by atoms with E-state index in [9.17, 15) is 9.59 Å². The van der Waals surface area contributed by atoms with Crippen molar-refractivity contribution in [2.75, 3.05) is 13.7 Å². The predicted octanol–water partition coefficient (Wildman–Crippen LogP) is 5.66. The summed E-state index contributed by atoms with van der Waals surface area (Å²) in [5.74, 6) is -0.162. The number of esters is 1. The van der Waals surface area contributed by atoms with Gasteiger partial charge >= 0.3 is 5.97 Å². The Labute approximate surface area is 202 Å². The van der Waals surface area contributed by atoms with E-state index in [-0.39, 0.29) is 5.91 Å². The Hall–Kier alpha value is -3.60. The summed E-state index contributed by atoms with van der Waals surface area (Å²) in [6.45, 7) is 4.96. The first-order valence-corrected chi connectivity index (χ1v) is 11.7. The van der Waals surface area contributed by atoms with Gasteiger partial charge < -0.3 is 14.8 Å². The maximum absolute atomic E-state index is 13.5. The molecule has 0 heterocycles. The lowest BCUT2D eigenvalue weighted by atomic mass is 9.90. The zero-order valence-corrected chi connectivity index (χ0v) is 20.1. The largest absolute Gasteiger partial charge is 0.493 e. The summed E-state index contributed by atoms with van der Waals surface area (Å²) in [6.07, 6.45) is 2.23. The third kappa shape index (κ3) is 6.70. The molecule has 0 aliphatic heterocycles. The molecule has 34 heavy (non-hydrogen) atoms. The van der Waals surface area contributed by atoms with E-state index in [1.54, 1.807) is 12.1 Å². The van der Waals surface area contributed by atoms with Crippen LogP contribution in [0.4, 0.5) is 0 Å². The van der Waals surface area contributed by atoms with Crippen molar-refractivity contribution in [2.45, 2.75) is 38.6 Å². The molecule has 3 aromatic carbocycles. The topological polar surface area (TPSA) is 64.6 Å². The van der Waals surface area contributed by atoms with Gasteiger partial charge in [-0.2, -0.15) is 0 Å². The molecule has 1 amide bonds. The van der Waals surface area contributed by atoms with Crippen molar-refractivity contribution >= 4 is 11.9 Å². The van der Waals surface area contributed by atoms with Gasteiger partial charge in [-0.3, -0.25) is 4.79 Å². The molecule has 3 aromatic rings.